The number of halogens is 4. The molecule has 1 aliphatic rings. The Morgan fingerprint density at radius 1 is 1.21 bits per heavy atom. The molecule has 1 aliphatic carbocycles. The third-order valence-electron chi connectivity index (χ3n) is 3.41. The summed E-state index contributed by atoms with van der Waals surface area (Å²) in [6, 6.07) is 0. The van der Waals surface area contributed by atoms with Gasteiger partial charge in [0.25, 0.3) is 0 Å². The van der Waals surface area contributed by atoms with Gasteiger partial charge in [0.2, 0.25) is 0 Å². The summed E-state index contributed by atoms with van der Waals surface area (Å²) in [5, 5.41) is 3.97. The van der Waals surface area contributed by atoms with Gasteiger partial charge in [-0.1, -0.05) is 0 Å². The van der Waals surface area contributed by atoms with Crippen LogP contribution >= 0.6 is 15.9 Å². The maximum atomic E-state index is 13.3. The van der Waals surface area contributed by atoms with Crippen molar-refractivity contribution in [3.05, 3.63) is 27.1 Å². The third-order valence-corrected chi connectivity index (χ3v) is 4.34. The summed E-state index contributed by atoms with van der Waals surface area (Å²) in [5.41, 5.74) is 0.972. The second kappa shape index (κ2) is 4.19. The Balaban J connectivity index is 2.44. The average molecular weight is 334 g/mol. The highest BCUT2D eigenvalue weighted by Crippen LogP contribution is 2.37. The van der Waals surface area contributed by atoms with Crippen molar-refractivity contribution >= 4 is 21.6 Å². The van der Waals surface area contributed by atoms with Gasteiger partial charge in [-0.25, -0.2) is 9.50 Å². The number of aryl methyl sites for hydroxylation is 2. The van der Waals surface area contributed by atoms with Crippen molar-refractivity contribution in [3.8, 4) is 0 Å². The molecule has 0 aromatic carbocycles. The largest absolute Gasteiger partial charge is 0.433 e. The maximum Gasteiger partial charge on any atom is 0.433 e. The molecule has 0 unspecified atom stereocenters. The van der Waals surface area contributed by atoms with Crippen LogP contribution in [0.5, 0.6) is 0 Å². The third kappa shape index (κ3) is 1.94. The van der Waals surface area contributed by atoms with E-state index in [0.29, 0.717) is 34.3 Å². The standard InChI is InChI=1S/C12H11BrF3N3/c1-6-9(13)11-17-8-5-3-2-4-7(8)10(12(14,15)16)19(11)18-6/h2-5H2,1H3. The first-order valence-corrected chi connectivity index (χ1v) is 6.82. The van der Waals surface area contributed by atoms with Gasteiger partial charge in [0.1, 0.15) is 0 Å². The molecule has 2 aromatic heterocycles. The minimum absolute atomic E-state index is 0.255. The molecule has 19 heavy (non-hydrogen) atoms. The van der Waals surface area contributed by atoms with Gasteiger partial charge in [0, 0.05) is 11.3 Å². The summed E-state index contributed by atoms with van der Waals surface area (Å²) in [5.74, 6) is 0. The van der Waals surface area contributed by atoms with Gasteiger partial charge in [-0.15, -0.1) is 0 Å². The van der Waals surface area contributed by atoms with E-state index in [1.165, 1.54) is 0 Å². The number of hydrogen-bond donors (Lipinski definition) is 0. The Kier molecular flexibility index (Phi) is 2.85. The zero-order chi connectivity index (χ0) is 13.8. The van der Waals surface area contributed by atoms with E-state index in [4.69, 9.17) is 0 Å². The highest BCUT2D eigenvalue weighted by atomic mass is 79.9. The number of aromatic nitrogens is 3. The van der Waals surface area contributed by atoms with Crippen LogP contribution in [-0.4, -0.2) is 14.6 Å². The molecule has 2 heterocycles. The monoisotopic (exact) mass is 333 g/mol. The van der Waals surface area contributed by atoms with E-state index < -0.39 is 11.9 Å². The van der Waals surface area contributed by atoms with Crippen molar-refractivity contribution in [2.75, 3.05) is 0 Å². The molecule has 3 rings (SSSR count). The second-order valence-electron chi connectivity index (χ2n) is 4.73. The Morgan fingerprint density at radius 2 is 1.89 bits per heavy atom. The molecule has 0 saturated heterocycles. The van der Waals surface area contributed by atoms with Gasteiger partial charge in [-0.2, -0.15) is 18.3 Å². The van der Waals surface area contributed by atoms with Crippen molar-refractivity contribution < 1.29 is 13.2 Å². The first kappa shape index (κ1) is 12.9. The van der Waals surface area contributed by atoms with E-state index in [-0.39, 0.29) is 5.65 Å². The van der Waals surface area contributed by atoms with E-state index >= 15 is 0 Å². The smallest absolute Gasteiger partial charge is 0.232 e. The summed E-state index contributed by atoms with van der Waals surface area (Å²) < 4.78 is 41.5. The average Bonchev–Trinajstić information content (AvgIpc) is 2.61. The quantitative estimate of drug-likeness (QED) is 0.735. The fraction of sp³-hybridized carbons (Fsp3) is 0.500. The maximum absolute atomic E-state index is 13.3. The summed E-state index contributed by atoms with van der Waals surface area (Å²) in [6.07, 6.45) is -1.74. The zero-order valence-corrected chi connectivity index (χ0v) is 11.8. The lowest BCUT2D eigenvalue weighted by Crippen LogP contribution is -2.21. The van der Waals surface area contributed by atoms with Gasteiger partial charge in [-0.3, -0.25) is 0 Å². The first-order chi connectivity index (χ1) is 8.89. The fourth-order valence-corrected chi connectivity index (χ4v) is 2.90. The van der Waals surface area contributed by atoms with Crippen LogP contribution in [0.4, 0.5) is 13.2 Å². The normalized spacial score (nSPS) is 15.8. The fourth-order valence-electron chi connectivity index (χ4n) is 2.56. The van der Waals surface area contributed by atoms with Crippen molar-refractivity contribution in [3.63, 3.8) is 0 Å². The van der Waals surface area contributed by atoms with Gasteiger partial charge >= 0.3 is 6.18 Å². The van der Waals surface area contributed by atoms with Crippen LogP contribution in [0.3, 0.4) is 0 Å². The molecule has 0 saturated carbocycles. The van der Waals surface area contributed by atoms with E-state index in [0.717, 1.165) is 17.4 Å². The molecule has 2 aromatic rings. The van der Waals surface area contributed by atoms with E-state index in [9.17, 15) is 13.2 Å². The zero-order valence-electron chi connectivity index (χ0n) is 10.2. The van der Waals surface area contributed by atoms with Crippen molar-refractivity contribution in [2.24, 2.45) is 0 Å². The van der Waals surface area contributed by atoms with Crippen LogP contribution < -0.4 is 0 Å². The van der Waals surface area contributed by atoms with Crippen LogP contribution in [0.2, 0.25) is 0 Å². The Labute approximate surface area is 116 Å². The van der Waals surface area contributed by atoms with Gasteiger partial charge in [-0.05, 0) is 48.5 Å². The summed E-state index contributed by atoms with van der Waals surface area (Å²) in [6.45, 7) is 1.66. The van der Waals surface area contributed by atoms with Crippen LogP contribution in [0.1, 0.15) is 35.5 Å². The molecule has 0 bridgehead atoms. The van der Waals surface area contributed by atoms with Crippen molar-refractivity contribution in [1.29, 1.82) is 0 Å². The first-order valence-electron chi connectivity index (χ1n) is 6.03. The highest BCUT2D eigenvalue weighted by Gasteiger charge is 2.39. The minimum atomic E-state index is -4.42. The summed E-state index contributed by atoms with van der Waals surface area (Å²) in [4.78, 5) is 4.36. The van der Waals surface area contributed by atoms with Gasteiger partial charge < -0.3 is 0 Å². The van der Waals surface area contributed by atoms with Gasteiger partial charge in [0.15, 0.2) is 11.3 Å². The molecule has 0 amide bonds. The molecule has 0 spiro atoms. The predicted molar refractivity (Wildman–Crippen MR) is 67.1 cm³/mol. The van der Waals surface area contributed by atoms with Crippen LogP contribution in [0, 0.1) is 6.92 Å². The molecule has 0 fully saturated rings. The van der Waals surface area contributed by atoms with Crippen LogP contribution in [-0.2, 0) is 19.0 Å². The second-order valence-corrected chi connectivity index (χ2v) is 5.52. The SMILES string of the molecule is Cc1nn2c(C(F)(F)F)c3c(nc2c1Br)CCCC3. The van der Waals surface area contributed by atoms with E-state index in [2.05, 4.69) is 26.0 Å². The lowest BCUT2D eigenvalue weighted by molar-refractivity contribution is -0.143. The number of nitrogens with zero attached hydrogens (tertiary/aromatic N) is 3. The summed E-state index contributed by atoms with van der Waals surface area (Å²) >= 11 is 3.27. The lowest BCUT2D eigenvalue weighted by Gasteiger charge is -2.20. The molecular formula is C12H11BrF3N3. The Morgan fingerprint density at radius 3 is 2.58 bits per heavy atom. The molecule has 102 valence electrons. The molecule has 3 nitrogen and oxygen atoms in total. The number of hydrogen-bond acceptors (Lipinski definition) is 2. The Hall–Kier alpha value is -1.11. The van der Waals surface area contributed by atoms with Crippen LogP contribution in [0.15, 0.2) is 4.47 Å². The van der Waals surface area contributed by atoms with Crippen molar-refractivity contribution in [1.82, 2.24) is 14.6 Å². The van der Waals surface area contributed by atoms with Crippen molar-refractivity contribution in [2.45, 2.75) is 38.8 Å². The number of alkyl halides is 3. The highest BCUT2D eigenvalue weighted by molar-refractivity contribution is 9.10. The summed E-state index contributed by atoms with van der Waals surface area (Å²) in [7, 11) is 0. The molecule has 0 N–H and O–H groups in total. The molecule has 0 atom stereocenters. The molecule has 7 heteroatoms. The number of rotatable bonds is 0. The molecular weight excluding hydrogens is 323 g/mol. The van der Waals surface area contributed by atoms with E-state index in [1.807, 2.05) is 0 Å². The topological polar surface area (TPSA) is 30.2 Å². The Bertz CT molecular complexity index is 661. The minimum Gasteiger partial charge on any atom is -0.232 e. The predicted octanol–water partition coefficient (Wildman–Crippen LogP) is 3.70. The van der Waals surface area contributed by atoms with E-state index in [1.54, 1.807) is 6.92 Å². The lowest BCUT2D eigenvalue weighted by atomic mass is 9.94. The molecule has 0 radical (unpaired) electrons. The molecule has 0 aliphatic heterocycles. The van der Waals surface area contributed by atoms with Crippen LogP contribution in [0.25, 0.3) is 5.65 Å². The van der Waals surface area contributed by atoms with Gasteiger partial charge in [0.05, 0.1) is 10.2 Å². The number of fused-ring (bicyclic) bond motifs is 2.